The van der Waals surface area contributed by atoms with Gasteiger partial charge >= 0.3 is 0 Å². The number of aromatic nitrogens is 1. The van der Waals surface area contributed by atoms with Gasteiger partial charge in [0.2, 0.25) is 5.88 Å². The molecule has 0 aliphatic heterocycles. The highest BCUT2D eigenvalue weighted by atomic mass is 35.5. The molecule has 0 fully saturated rings. The molecule has 0 unspecified atom stereocenters. The Labute approximate surface area is 125 Å². The zero-order chi connectivity index (χ0) is 14.4. The van der Waals surface area contributed by atoms with Crippen molar-refractivity contribution in [2.75, 3.05) is 0 Å². The van der Waals surface area contributed by atoms with Crippen LogP contribution < -0.4 is 4.74 Å². The highest BCUT2D eigenvalue weighted by Crippen LogP contribution is 2.23. The van der Waals surface area contributed by atoms with E-state index >= 15 is 0 Å². The first-order valence-electron chi connectivity index (χ1n) is 7.07. The van der Waals surface area contributed by atoms with Crippen molar-refractivity contribution < 1.29 is 4.74 Å². The van der Waals surface area contributed by atoms with Crippen molar-refractivity contribution in [1.29, 1.82) is 0 Å². The summed E-state index contributed by atoms with van der Waals surface area (Å²) in [6.07, 6.45) is 3.03. The van der Waals surface area contributed by atoms with Gasteiger partial charge in [0, 0.05) is 17.6 Å². The van der Waals surface area contributed by atoms with E-state index < -0.39 is 0 Å². The molecule has 0 aliphatic rings. The summed E-state index contributed by atoms with van der Waals surface area (Å²) in [6, 6.07) is 12.1. The normalized spacial score (nSPS) is 10.6. The van der Waals surface area contributed by atoms with Crippen molar-refractivity contribution in [2.24, 2.45) is 0 Å². The molecule has 0 aliphatic carbocycles. The van der Waals surface area contributed by atoms with Crippen LogP contribution in [0.25, 0.3) is 0 Å². The van der Waals surface area contributed by atoms with Crippen LogP contribution in [0.15, 0.2) is 36.4 Å². The summed E-state index contributed by atoms with van der Waals surface area (Å²) in [5.41, 5.74) is 3.38. The van der Waals surface area contributed by atoms with Gasteiger partial charge in [-0.05, 0) is 42.2 Å². The van der Waals surface area contributed by atoms with Crippen LogP contribution in [0.5, 0.6) is 11.6 Å². The minimum absolute atomic E-state index is 0.477. The van der Waals surface area contributed by atoms with Gasteiger partial charge in [0.1, 0.15) is 5.75 Å². The third-order valence-electron chi connectivity index (χ3n) is 3.13. The number of hydrogen-bond donors (Lipinski definition) is 0. The molecule has 0 spiro atoms. The summed E-state index contributed by atoms with van der Waals surface area (Å²) in [7, 11) is 0. The average Bonchev–Trinajstić information content (AvgIpc) is 2.48. The largest absolute Gasteiger partial charge is 0.439 e. The van der Waals surface area contributed by atoms with Gasteiger partial charge in [-0.3, -0.25) is 0 Å². The molecule has 0 saturated carbocycles. The summed E-state index contributed by atoms with van der Waals surface area (Å²) in [4.78, 5) is 4.53. The SMILES string of the molecule is CCCc1cc(CCl)cc(Oc2ccc(CC)cc2)n1. The first kappa shape index (κ1) is 14.9. The van der Waals surface area contributed by atoms with Gasteiger partial charge in [-0.1, -0.05) is 32.4 Å². The van der Waals surface area contributed by atoms with Crippen molar-refractivity contribution in [3.8, 4) is 11.6 Å². The highest BCUT2D eigenvalue weighted by molar-refractivity contribution is 6.17. The van der Waals surface area contributed by atoms with Gasteiger partial charge in [0.15, 0.2) is 0 Å². The molecule has 106 valence electrons. The maximum atomic E-state index is 5.93. The van der Waals surface area contributed by atoms with E-state index in [1.54, 1.807) is 0 Å². The van der Waals surface area contributed by atoms with Crippen LogP contribution in [-0.2, 0) is 18.7 Å². The number of nitrogens with zero attached hydrogens (tertiary/aromatic N) is 1. The zero-order valence-electron chi connectivity index (χ0n) is 12.0. The molecule has 1 aromatic carbocycles. The first-order valence-corrected chi connectivity index (χ1v) is 7.61. The number of benzene rings is 1. The molecule has 0 N–H and O–H groups in total. The minimum atomic E-state index is 0.477. The second kappa shape index (κ2) is 7.30. The lowest BCUT2D eigenvalue weighted by Gasteiger charge is -2.09. The molecule has 2 nitrogen and oxygen atoms in total. The number of alkyl halides is 1. The van der Waals surface area contributed by atoms with Crippen LogP contribution in [-0.4, -0.2) is 4.98 Å². The lowest BCUT2D eigenvalue weighted by molar-refractivity contribution is 0.460. The molecule has 0 saturated heterocycles. The Bertz CT molecular complexity index is 551. The summed E-state index contributed by atoms with van der Waals surface area (Å²) in [5.74, 6) is 1.91. The lowest BCUT2D eigenvalue weighted by atomic mass is 10.2. The first-order chi connectivity index (χ1) is 9.75. The molecule has 3 heteroatoms. The molecule has 0 atom stereocenters. The number of pyridine rings is 1. The standard InChI is InChI=1S/C17H20ClNO/c1-3-5-15-10-14(12-18)11-17(19-15)20-16-8-6-13(4-2)7-9-16/h6-11H,3-5,12H2,1-2H3. The maximum Gasteiger partial charge on any atom is 0.219 e. The quantitative estimate of drug-likeness (QED) is 0.688. The molecular weight excluding hydrogens is 270 g/mol. The van der Waals surface area contributed by atoms with Crippen LogP contribution in [0.1, 0.15) is 37.1 Å². The fourth-order valence-electron chi connectivity index (χ4n) is 2.05. The molecule has 0 bridgehead atoms. The third-order valence-corrected chi connectivity index (χ3v) is 3.44. The van der Waals surface area contributed by atoms with Crippen molar-refractivity contribution in [3.63, 3.8) is 0 Å². The number of rotatable bonds is 6. The second-order valence-corrected chi connectivity index (χ2v) is 5.06. The summed E-state index contributed by atoms with van der Waals surface area (Å²) in [6.45, 7) is 4.28. The highest BCUT2D eigenvalue weighted by Gasteiger charge is 2.04. The van der Waals surface area contributed by atoms with E-state index in [0.717, 1.165) is 36.3 Å². The van der Waals surface area contributed by atoms with Gasteiger partial charge in [-0.2, -0.15) is 0 Å². The van der Waals surface area contributed by atoms with E-state index in [1.165, 1.54) is 5.56 Å². The number of halogens is 1. The average molecular weight is 290 g/mol. The number of aryl methyl sites for hydroxylation is 2. The molecule has 2 rings (SSSR count). The number of ether oxygens (including phenoxy) is 1. The second-order valence-electron chi connectivity index (χ2n) is 4.79. The fraction of sp³-hybridized carbons (Fsp3) is 0.353. The van der Waals surface area contributed by atoms with E-state index in [9.17, 15) is 0 Å². The smallest absolute Gasteiger partial charge is 0.219 e. The van der Waals surface area contributed by atoms with Gasteiger partial charge in [-0.25, -0.2) is 4.98 Å². The Morgan fingerprint density at radius 2 is 1.80 bits per heavy atom. The van der Waals surface area contributed by atoms with Crippen LogP contribution in [0.3, 0.4) is 0 Å². The minimum Gasteiger partial charge on any atom is -0.439 e. The molecule has 1 aromatic heterocycles. The summed E-state index contributed by atoms with van der Waals surface area (Å²) in [5, 5.41) is 0. The van der Waals surface area contributed by atoms with E-state index in [1.807, 2.05) is 24.3 Å². The predicted molar refractivity (Wildman–Crippen MR) is 83.7 cm³/mol. The Morgan fingerprint density at radius 3 is 2.40 bits per heavy atom. The maximum absolute atomic E-state index is 5.93. The molecule has 1 heterocycles. The van der Waals surface area contributed by atoms with E-state index in [-0.39, 0.29) is 0 Å². The van der Waals surface area contributed by atoms with Gasteiger partial charge < -0.3 is 4.74 Å². The topological polar surface area (TPSA) is 22.1 Å². The Morgan fingerprint density at radius 1 is 1.05 bits per heavy atom. The molecule has 0 amide bonds. The van der Waals surface area contributed by atoms with Crippen molar-refractivity contribution in [2.45, 2.75) is 39.0 Å². The molecule has 20 heavy (non-hydrogen) atoms. The summed E-state index contributed by atoms with van der Waals surface area (Å²) >= 11 is 5.93. The number of hydrogen-bond acceptors (Lipinski definition) is 2. The van der Waals surface area contributed by atoms with Crippen LogP contribution >= 0.6 is 11.6 Å². The van der Waals surface area contributed by atoms with Crippen LogP contribution in [0, 0.1) is 0 Å². The van der Waals surface area contributed by atoms with E-state index in [0.29, 0.717) is 11.8 Å². The Balaban J connectivity index is 2.20. The van der Waals surface area contributed by atoms with Crippen molar-refractivity contribution >= 4 is 11.6 Å². The van der Waals surface area contributed by atoms with Crippen LogP contribution in [0.4, 0.5) is 0 Å². The third kappa shape index (κ3) is 3.97. The monoisotopic (exact) mass is 289 g/mol. The van der Waals surface area contributed by atoms with Gasteiger partial charge in [0.05, 0.1) is 0 Å². The molecular formula is C17H20ClNO. The molecule has 2 aromatic rings. The van der Waals surface area contributed by atoms with Gasteiger partial charge in [-0.15, -0.1) is 11.6 Å². The van der Waals surface area contributed by atoms with Crippen LogP contribution in [0.2, 0.25) is 0 Å². The van der Waals surface area contributed by atoms with Crippen molar-refractivity contribution in [1.82, 2.24) is 4.98 Å². The van der Waals surface area contributed by atoms with Gasteiger partial charge in [0.25, 0.3) is 0 Å². The lowest BCUT2D eigenvalue weighted by Crippen LogP contribution is -1.96. The molecule has 0 radical (unpaired) electrons. The van der Waals surface area contributed by atoms with Crippen molar-refractivity contribution in [3.05, 3.63) is 53.2 Å². The van der Waals surface area contributed by atoms with E-state index in [4.69, 9.17) is 16.3 Å². The van der Waals surface area contributed by atoms with E-state index in [2.05, 4.69) is 31.0 Å². The Hall–Kier alpha value is -1.54. The predicted octanol–water partition coefficient (Wildman–Crippen LogP) is 5.13. The summed E-state index contributed by atoms with van der Waals surface area (Å²) < 4.78 is 5.84. The fourth-order valence-corrected chi connectivity index (χ4v) is 2.20. The Kier molecular flexibility index (Phi) is 5.42. The zero-order valence-corrected chi connectivity index (χ0v) is 12.8.